The molecule has 1 aliphatic rings. The molecule has 1 fully saturated rings. The Bertz CT molecular complexity index is 1320. The summed E-state index contributed by atoms with van der Waals surface area (Å²) in [6, 6.07) is 12.8. The molecule has 2 aromatic carbocycles. The van der Waals surface area contributed by atoms with Crippen LogP contribution >= 0.6 is 11.6 Å². The Morgan fingerprint density at radius 2 is 2.03 bits per heavy atom. The van der Waals surface area contributed by atoms with Crippen LogP contribution in [0.25, 0.3) is 22.2 Å². The second-order valence-corrected chi connectivity index (χ2v) is 9.02. The number of aromatic amines is 1. The van der Waals surface area contributed by atoms with Crippen LogP contribution in [0, 0.1) is 18.7 Å². The van der Waals surface area contributed by atoms with E-state index in [0.717, 1.165) is 29.4 Å². The quantitative estimate of drug-likeness (QED) is 0.376. The summed E-state index contributed by atoms with van der Waals surface area (Å²) in [7, 11) is 0. The van der Waals surface area contributed by atoms with Crippen LogP contribution in [0.1, 0.15) is 34.6 Å². The van der Waals surface area contributed by atoms with Gasteiger partial charge in [0.25, 0.3) is 5.91 Å². The van der Waals surface area contributed by atoms with Gasteiger partial charge in [0.05, 0.1) is 16.3 Å². The van der Waals surface area contributed by atoms with E-state index in [-0.39, 0.29) is 10.9 Å². The zero-order valence-corrected chi connectivity index (χ0v) is 19.1. The summed E-state index contributed by atoms with van der Waals surface area (Å²) in [6.07, 6.45) is 6.42. The molecule has 0 saturated heterocycles. The molecule has 0 bridgehead atoms. The summed E-state index contributed by atoms with van der Waals surface area (Å²) in [4.78, 5) is 27.6. The van der Waals surface area contributed by atoms with Crippen LogP contribution in [0.5, 0.6) is 0 Å². The molecule has 1 N–H and O–H groups in total. The van der Waals surface area contributed by atoms with Gasteiger partial charge < -0.3 is 9.88 Å². The SMILES string of the molecule is Cc1ncc(C(=O)N(CCc2c[nH]c3cc(F)c(Cl)cc23)CC2CC2)c(-c2ccccc2)n1. The molecule has 0 unspecified atom stereocenters. The average Bonchev–Trinajstić information content (AvgIpc) is 3.57. The van der Waals surface area contributed by atoms with E-state index < -0.39 is 5.82 Å². The maximum Gasteiger partial charge on any atom is 0.257 e. The number of carbonyl (C=O) groups excluding carboxylic acids is 1. The predicted molar refractivity (Wildman–Crippen MR) is 128 cm³/mol. The summed E-state index contributed by atoms with van der Waals surface area (Å²) >= 11 is 6.01. The highest BCUT2D eigenvalue weighted by atomic mass is 35.5. The largest absolute Gasteiger partial charge is 0.361 e. The van der Waals surface area contributed by atoms with Crippen LogP contribution in [-0.2, 0) is 6.42 Å². The average molecular weight is 463 g/mol. The van der Waals surface area contributed by atoms with Crippen LogP contribution < -0.4 is 0 Å². The van der Waals surface area contributed by atoms with Gasteiger partial charge in [-0.3, -0.25) is 4.79 Å². The molecular weight excluding hydrogens is 439 g/mol. The molecule has 2 aromatic heterocycles. The van der Waals surface area contributed by atoms with Crippen LogP contribution in [0.2, 0.25) is 5.02 Å². The Labute approximate surface area is 196 Å². The highest BCUT2D eigenvalue weighted by molar-refractivity contribution is 6.31. The number of hydrogen-bond donors (Lipinski definition) is 1. The van der Waals surface area contributed by atoms with Crippen molar-refractivity contribution in [2.24, 2.45) is 5.92 Å². The van der Waals surface area contributed by atoms with Crippen molar-refractivity contribution < 1.29 is 9.18 Å². The highest BCUT2D eigenvalue weighted by Gasteiger charge is 2.29. The third-order valence-corrected chi connectivity index (χ3v) is 6.40. The van der Waals surface area contributed by atoms with Crippen molar-refractivity contribution in [3.05, 3.63) is 82.6 Å². The normalized spacial score (nSPS) is 13.4. The third kappa shape index (κ3) is 4.62. The Balaban J connectivity index is 1.43. The van der Waals surface area contributed by atoms with Gasteiger partial charge in [-0.2, -0.15) is 0 Å². The number of amides is 1. The molecule has 4 aromatic rings. The van der Waals surface area contributed by atoms with Crippen LogP contribution in [0.4, 0.5) is 4.39 Å². The lowest BCUT2D eigenvalue weighted by Gasteiger charge is -2.24. The van der Waals surface area contributed by atoms with E-state index in [9.17, 15) is 9.18 Å². The fraction of sp³-hybridized carbons (Fsp3) is 0.269. The molecule has 0 atom stereocenters. The molecular formula is C26H24ClFN4O. The molecule has 0 spiro atoms. The maximum atomic E-state index is 13.8. The van der Waals surface area contributed by atoms with Crippen molar-refractivity contribution in [1.29, 1.82) is 0 Å². The van der Waals surface area contributed by atoms with Gasteiger partial charge >= 0.3 is 0 Å². The number of aryl methyl sites for hydroxylation is 1. The Morgan fingerprint density at radius 1 is 1.24 bits per heavy atom. The lowest BCUT2D eigenvalue weighted by atomic mass is 10.1. The molecule has 33 heavy (non-hydrogen) atoms. The van der Waals surface area contributed by atoms with Gasteiger partial charge in [-0.05, 0) is 49.8 Å². The smallest absolute Gasteiger partial charge is 0.257 e. The fourth-order valence-electron chi connectivity index (χ4n) is 4.14. The second kappa shape index (κ2) is 8.94. The molecule has 0 aliphatic heterocycles. The van der Waals surface area contributed by atoms with E-state index >= 15 is 0 Å². The number of benzene rings is 2. The summed E-state index contributed by atoms with van der Waals surface area (Å²) < 4.78 is 13.8. The molecule has 0 radical (unpaired) electrons. The molecule has 5 nitrogen and oxygen atoms in total. The number of rotatable bonds is 7. The first kappa shape index (κ1) is 21.6. The van der Waals surface area contributed by atoms with E-state index in [2.05, 4.69) is 15.0 Å². The molecule has 7 heteroatoms. The number of carbonyl (C=O) groups is 1. The highest BCUT2D eigenvalue weighted by Crippen LogP contribution is 2.32. The van der Waals surface area contributed by atoms with Gasteiger partial charge in [-0.25, -0.2) is 14.4 Å². The van der Waals surface area contributed by atoms with Gasteiger partial charge in [0.15, 0.2) is 0 Å². The van der Waals surface area contributed by atoms with E-state index in [4.69, 9.17) is 11.6 Å². The van der Waals surface area contributed by atoms with Gasteiger partial charge in [0, 0.05) is 41.9 Å². The van der Waals surface area contributed by atoms with Gasteiger partial charge in [-0.1, -0.05) is 41.9 Å². The van der Waals surface area contributed by atoms with Crippen molar-refractivity contribution in [1.82, 2.24) is 19.9 Å². The molecule has 1 amide bonds. The number of halogens is 2. The fourth-order valence-corrected chi connectivity index (χ4v) is 4.30. The number of nitrogens with zero attached hydrogens (tertiary/aromatic N) is 3. The molecule has 1 saturated carbocycles. The summed E-state index contributed by atoms with van der Waals surface area (Å²) in [6.45, 7) is 3.08. The lowest BCUT2D eigenvalue weighted by molar-refractivity contribution is 0.0749. The summed E-state index contributed by atoms with van der Waals surface area (Å²) in [5.41, 5.74) is 3.76. The van der Waals surface area contributed by atoms with E-state index in [1.165, 1.54) is 6.07 Å². The van der Waals surface area contributed by atoms with Crippen molar-refractivity contribution >= 4 is 28.4 Å². The first-order valence-electron chi connectivity index (χ1n) is 11.1. The second-order valence-electron chi connectivity index (χ2n) is 8.62. The number of fused-ring (bicyclic) bond motifs is 1. The van der Waals surface area contributed by atoms with Crippen molar-refractivity contribution in [2.45, 2.75) is 26.2 Å². The van der Waals surface area contributed by atoms with Crippen LogP contribution in [0.3, 0.4) is 0 Å². The number of nitrogens with one attached hydrogen (secondary N) is 1. The molecule has 168 valence electrons. The van der Waals surface area contributed by atoms with Crippen LogP contribution in [0.15, 0.2) is 54.9 Å². The van der Waals surface area contributed by atoms with Gasteiger partial charge in [-0.15, -0.1) is 0 Å². The van der Waals surface area contributed by atoms with E-state index in [0.29, 0.717) is 48.0 Å². The van der Waals surface area contributed by atoms with E-state index in [1.54, 1.807) is 12.3 Å². The van der Waals surface area contributed by atoms with Crippen LogP contribution in [-0.4, -0.2) is 38.8 Å². The van der Waals surface area contributed by atoms with Crippen molar-refractivity contribution in [3.8, 4) is 11.3 Å². The first-order valence-corrected chi connectivity index (χ1v) is 11.5. The van der Waals surface area contributed by atoms with Gasteiger partial charge in [0.2, 0.25) is 0 Å². The molecule has 1 aliphatic carbocycles. The number of aromatic nitrogens is 3. The van der Waals surface area contributed by atoms with Crippen molar-refractivity contribution in [2.75, 3.05) is 13.1 Å². The minimum Gasteiger partial charge on any atom is -0.361 e. The Hall–Kier alpha value is -3.25. The standard InChI is InChI=1S/C26H24ClFN4O/c1-16-29-14-21(25(31-16)18-5-3-2-4-6-18)26(33)32(15-17-7-8-17)10-9-19-13-30-24-12-23(28)22(27)11-20(19)24/h2-6,11-14,17,30H,7-10,15H2,1H3. The zero-order valence-electron chi connectivity index (χ0n) is 18.3. The number of hydrogen-bond acceptors (Lipinski definition) is 3. The molecule has 2 heterocycles. The van der Waals surface area contributed by atoms with E-state index in [1.807, 2.05) is 48.4 Å². The topological polar surface area (TPSA) is 61.9 Å². The minimum absolute atomic E-state index is 0.0651. The third-order valence-electron chi connectivity index (χ3n) is 6.11. The Morgan fingerprint density at radius 3 is 2.79 bits per heavy atom. The number of H-pyrrole nitrogens is 1. The monoisotopic (exact) mass is 462 g/mol. The minimum atomic E-state index is -0.448. The van der Waals surface area contributed by atoms with Crippen molar-refractivity contribution in [3.63, 3.8) is 0 Å². The van der Waals surface area contributed by atoms with Gasteiger partial charge in [0.1, 0.15) is 11.6 Å². The predicted octanol–water partition coefficient (Wildman–Crippen LogP) is 5.82. The molecule has 5 rings (SSSR count). The first-order chi connectivity index (χ1) is 16.0. The Kier molecular flexibility index (Phi) is 5.85. The summed E-state index contributed by atoms with van der Waals surface area (Å²) in [5.74, 6) is 0.648. The summed E-state index contributed by atoms with van der Waals surface area (Å²) in [5, 5.41) is 0.974. The zero-order chi connectivity index (χ0) is 22.9. The maximum absolute atomic E-state index is 13.8. The lowest BCUT2D eigenvalue weighted by Crippen LogP contribution is -2.35.